The maximum atomic E-state index is 14.4. The van der Waals surface area contributed by atoms with Crippen LogP contribution in [0.15, 0.2) is 42.5 Å². The van der Waals surface area contributed by atoms with Crippen molar-refractivity contribution in [2.24, 2.45) is 11.8 Å². The van der Waals surface area contributed by atoms with Gasteiger partial charge in [0.1, 0.15) is 12.1 Å². The quantitative estimate of drug-likeness (QED) is 0.237. The number of likely N-dealkylation sites (N-methyl/N-ethyl adjacent to an activating group) is 1. The molecule has 43 heavy (non-hydrogen) atoms. The topological polar surface area (TPSA) is 142 Å². The molecule has 2 aromatic rings. The van der Waals surface area contributed by atoms with E-state index in [2.05, 4.69) is 10.6 Å². The molecule has 0 spiro atoms. The van der Waals surface area contributed by atoms with E-state index in [1.807, 2.05) is 48.3 Å². The number of hydrogen-bond donors (Lipinski definition) is 5. The van der Waals surface area contributed by atoms with Crippen molar-refractivity contribution in [2.45, 2.75) is 82.9 Å². The molecule has 1 heterocycles. The fourth-order valence-corrected chi connectivity index (χ4v) is 6.56. The first-order valence-corrected chi connectivity index (χ1v) is 15.7. The Morgan fingerprint density at radius 1 is 1.02 bits per heavy atom. The van der Waals surface area contributed by atoms with Crippen LogP contribution in [0.5, 0.6) is 0 Å². The number of benzene rings is 2. The Morgan fingerprint density at radius 2 is 1.72 bits per heavy atom. The summed E-state index contributed by atoms with van der Waals surface area (Å²) in [6.45, 7) is 4.14. The number of rotatable bonds is 12. The third kappa shape index (κ3) is 8.35. The molecule has 234 valence electrons. The maximum Gasteiger partial charge on any atom is 0.475 e. The van der Waals surface area contributed by atoms with E-state index in [4.69, 9.17) is 0 Å². The zero-order valence-corrected chi connectivity index (χ0v) is 25.6. The van der Waals surface area contributed by atoms with Gasteiger partial charge in [-0.3, -0.25) is 19.3 Å². The average Bonchev–Trinajstić information content (AvgIpc) is 3.45. The number of aliphatic hydroxyl groups excluding tert-OH is 1. The lowest BCUT2D eigenvalue weighted by molar-refractivity contribution is -0.140. The highest BCUT2D eigenvalue weighted by Crippen LogP contribution is 2.30. The highest BCUT2D eigenvalue weighted by Gasteiger charge is 2.44. The molecule has 1 aliphatic carbocycles. The van der Waals surface area contributed by atoms with E-state index in [1.54, 1.807) is 24.8 Å². The van der Waals surface area contributed by atoms with Crippen LogP contribution < -0.4 is 10.6 Å². The Kier molecular flexibility index (Phi) is 11.6. The molecule has 2 aromatic carbocycles. The average molecular weight is 595 g/mol. The molecule has 1 saturated carbocycles. The molecule has 4 atom stereocenters. The Labute approximate surface area is 255 Å². The third-order valence-electron chi connectivity index (χ3n) is 9.20. The second-order valence-corrected chi connectivity index (χ2v) is 12.6. The fourth-order valence-electron chi connectivity index (χ4n) is 6.56. The fraction of sp³-hybridized carbons (Fsp3) is 0.594. The van der Waals surface area contributed by atoms with E-state index < -0.39 is 31.1 Å². The number of amides is 3. The van der Waals surface area contributed by atoms with Crippen LogP contribution in [0.25, 0.3) is 10.8 Å². The SMILES string of the molecule is CC(C)[C@H](NC(=O)[C@@H]1C[C@@H](N(C)CCO)CN1C(=O)[C@@H](CC1CCCCC1)NC(=O)c1ccc2ccccc2c1)B(O)O. The summed E-state index contributed by atoms with van der Waals surface area (Å²) in [6.07, 6.45) is 6.15. The zero-order chi connectivity index (χ0) is 31.1. The molecule has 10 nitrogen and oxygen atoms in total. The molecule has 11 heteroatoms. The van der Waals surface area contributed by atoms with Gasteiger partial charge in [0, 0.05) is 24.7 Å². The minimum absolute atomic E-state index is 0.0595. The summed E-state index contributed by atoms with van der Waals surface area (Å²) in [4.78, 5) is 45.0. The number of likely N-dealkylation sites (tertiary alicyclic amines) is 1. The molecule has 0 radical (unpaired) electrons. The van der Waals surface area contributed by atoms with E-state index >= 15 is 0 Å². The highest BCUT2D eigenvalue weighted by molar-refractivity contribution is 6.43. The van der Waals surface area contributed by atoms with Crippen molar-refractivity contribution in [2.75, 3.05) is 26.7 Å². The number of aliphatic hydroxyl groups is 1. The van der Waals surface area contributed by atoms with Crippen molar-refractivity contribution < 1.29 is 29.5 Å². The van der Waals surface area contributed by atoms with Crippen LogP contribution >= 0.6 is 0 Å². The van der Waals surface area contributed by atoms with Crippen molar-refractivity contribution in [3.8, 4) is 0 Å². The summed E-state index contributed by atoms with van der Waals surface area (Å²) in [5, 5.41) is 37.0. The molecule has 2 fully saturated rings. The van der Waals surface area contributed by atoms with Gasteiger partial charge in [-0.15, -0.1) is 0 Å². The third-order valence-corrected chi connectivity index (χ3v) is 9.20. The van der Waals surface area contributed by atoms with Crippen molar-refractivity contribution in [3.63, 3.8) is 0 Å². The van der Waals surface area contributed by atoms with Crippen LogP contribution in [0.3, 0.4) is 0 Å². The van der Waals surface area contributed by atoms with Gasteiger partial charge in [0.2, 0.25) is 11.8 Å². The number of fused-ring (bicyclic) bond motifs is 1. The number of nitrogens with zero attached hydrogens (tertiary/aromatic N) is 2. The summed E-state index contributed by atoms with van der Waals surface area (Å²) in [6, 6.07) is 11.4. The Balaban J connectivity index is 1.60. The summed E-state index contributed by atoms with van der Waals surface area (Å²) < 4.78 is 0. The highest BCUT2D eigenvalue weighted by atomic mass is 16.4. The van der Waals surface area contributed by atoms with Crippen LogP contribution in [0.1, 0.15) is 69.2 Å². The minimum Gasteiger partial charge on any atom is -0.426 e. The molecule has 5 N–H and O–H groups in total. The number of carbonyl (C=O) groups excluding carboxylic acids is 3. The molecular weight excluding hydrogens is 547 g/mol. The molecule has 0 bridgehead atoms. The molecule has 4 rings (SSSR count). The number of carbonyl (C=O) groups is 3. The number of hydrogen-bond acceptors (Lipinski definition) is 7. The van der Waals surface area contributed by atoms with Gasteiger partial charge in [0.15, 0.2) is 0 Å². The smallest absolute Gasteiger partial charge is 0.426 e. The predicted molar refractivity (Wildman–Crippen MR) is 167 cm³/mol. The molecule has 0 aromatic heterocycles. The van der Waals surface area contributed by atoms with Crippen LogP contribution in [0.2, 0.25) is 0 Å². The first-order valence-electron chi connectivity index (χ1n) is 15.7. The van der Waals surface area contributed by atoms with Crippen molar-refractivity contribution in [1.82, 2.24) is 20.4 Å². The summed E-state index contributed by atoms with van der Waals surface area (Å²) in [7, 11) is 0.0989. The maximum absolute atomic E-state index is 14.4. The van der Waals surface area contributed by atoms with Crippen LogP contribution in [0.4, 0.5) is 0 Å². The first-order chi connectivity index (χ1) is 20.6. The summed E-state index contributed by atoms with van der Waals surface area (Å²) in [5.74, 6) is -1.97. The molecule has 1 saturated heterocycles. The summed E-state index contributed by atoms with van der Waals surface area (Å²) in [5.41, 5.74) is 0.466. The molecule has 2 aliphatic rings. The van der Waals surface area contributed by atoms with Crippen molar-refractivity contribution in [1.29, 1.82) is 0 Å². The van der Waals surface area contributed by atoms with Gasteiger partial charge in [0.25, 0.3) is 5.91 Å². The lowest BCUT2D eigenvalue weighted by Crippen LogP contribution is -2.57. The second-order valence-electron chi connectivity index (χ2n) is 12.6. The zero-order valence-electron chi connectivity index (χ0n) is 25.6. The van der Waals surface area contributed by atoms with E-state index in [0.29, 0.717) is 24.9 Å². The molecule has 1 aliphatic heterocycles. The Hall–Kier alpha value is -2.99. The predicted octanol–water partition coefficient (Wildman–Crippen LogP) is 1.96. The van der Waals surface area contributed by atoms with Gasteiger partial charge in [-0.1, -0.05) is 76.3 Å². The van der Waals surface area contributed by atoms with Gasteiger partial charge in [-0.25, -0.2) is 0 Å². The van der Waals surface area contributed by atoms with Gasteiger partial charge >= 0.3 is 7.12 Å². The van der Waals surface area contributed by atoms with E-state index in [0.717, 1.165) is 36.5 Å². The first kappa shape index (κ1) is 32.9. The van der Waals surface area contributed by atoms with Gasteiger partial charge in [-0.2, -0.15) is 0 Å². The minimum atomic E-state index is -1.75. The number of nitrogens with one attached hydrogen (secondary N) is 2. The van der Waals surface area contributed by atoms with Crippen LogP contribution in [-0.4, -0.2) is 101 Å². The van der Waals surface area contributed by atoms with Gasteiger partial charge in [-0.05, 0) is 54.6 Å². The van der Waals surface area contributed by atoms with Gasteiger partial charge in [0.05, 0.1) is 12.5 Å². The lowest BCUT2D eigenvalue weighted by atomic mass is 9.73. The van der Waals surface area contributed by atoms with E-state index in [1.165, 1.54) is 6.42 Å². The molecular formula is C32H47BN4O6. The molecule has 0 unspecified atom stereocenters. The van der Waals surface area contributed by atoms with Crippen LogP contribution in [-0.2, 0) is 9.59 Å². The molecule has 3 amide bonds. The van der Waals surface area contributed by atoms with Gasteiger partial charge < -0.3 is 30.7 Å². The van der Waals surface area contributed by atoms with E-state index in [9.17, 15) is 29.5 Å². The Bertz CT molecular complexity index is 1250. The van der Waals surface area contributed by atoms with Crippen molar-refractivity contribution in [3.05, 3.63) is 48.0 Å². The monoisotopic (exact) mass is 594 g/mol. The van der Waals surface area contributed by atoms with Crippen LogP contribution in [0, 0.1) is 11.8 Å². The Morgan fingerprint density at radius 3 is 2.37 bits per heavy atom. The lowest BCUT2D eigenvalue weighted by Gasteiger charge is -2.32. The van der Waals surface area contributed by atoms with Crippen molar-refractivity contribution >= 4 is 35.6 Å². The second kappa shape index (κ2) is 15.1. The normalized spacial score (nSPS) is 20.8. The van der Waals surface area contributed by atoms with E-state index in [-0.39, 0.29) is 42.8 Å². The standard InChI is InChI=1S/C32H47BN4O6/c1-21(2)29(33(42)43)35-31(40)28-19-26(36(3)15-16-38)20-37(28)32(41)27(17-22-9-5-4-6-10-22)34-30(39)25-14-13-23-11-7-8-12-24(23)18-25/h7-8,11-14,18,21-22,26-29,38,42-43H,4-6,9-10,15-17,19-20H2,1-3H3,(H,34,39)(H,35,40)/t26-,27-,28+,29+/m1/s1. The largest absolute Gasteiger partial charge is 0.475 e. The summed E-state index contributed by atoms with van der Waals surface area (Å²) >= 11 is 0.